The number of carbonyl (C=O) groups excluding carboxylic acids is 1. The Morgan fingerprint density at radius 3 is 2.76 bits per heavy atom. The van der Waals surface area contributed by atoms with Gasteiger partial charge in [-0.1, -0.05) is 6.92 Å². The fourth-order valence-electron chi connectivity index (χ4n) is 1.56. The molecule has 0 radical (unpaired) electrons. The maximum absolute atomic E-state index is 11.4. The van der Waals surface area contributed by atoms with Crippen molar-refractivity contribution in [3.63, 3.8) is 0 Å². The molecule has 0 aliphatic rings. The van der Waals surface area contributed by atoms with Crippen molar-refractivity contribution in [3.8, 4) is 0 Å². The number of likely N-dealkylation sites (N-methyl/N-ethyl adjacent to an activating group) is 1. The summed E-state index contributed by atoms with van der Waals surface area (Å²) in [4.78, 5) is 17.6. The summed E-state index contributed by atoms with van der Waals surface area (Å²) >= 11 is 0. The summed E-state index contributed by atoms with van der Waals surface area (Å²) in [6.07, 6.45) is 4.52. The quantitative estimate of drug-likeness (QED) is 0.776. The van der Waals surface area contributed by atoms with Crippen molar-refractivity contribution in [2.75, 3.05) is 37.4 Å². The number of carbonyl (C=O) groups is 1. The van der Waals surface area contributed by atoms with Crippen LogP contribution in [-0.2, 0) is 4.79 Å². The molecule has 1 aromatic rings. The molecule has 0 unspecified atom stereocenters. The molecule has 0 atom stereocenters. The predicted octanol–water partition coefficient (Wildman–Crippen LogP) is 1.09. The molecule has 17 heavy (non-hydrogen) atoms. The van der Waals surface area contributed by atoms with Gasteiger partial charge in [-0.25, -0.2) is 0 Å². The Balaban J connectivity index is 2.84. The third kappa shape index (κ3) is 3.94. The van der Waals surface area contributed by atoms with Gasteiger partial charge in [0, 0.05) is 20.6 Å². The molecule has 0 fully saturated rings. The molecule has 0 aliphatic carbocycles. The summed E-state index contributed by atoms with van der Waals surface area (Å²) in [5, 5.41) is 5.68. The normalized spacial score (nSPS) is 9.82. The van der Waals surface area contributed by atoms with Gasteiger partial charge in [-0.15, -0.1) is 0 Å². The highest BCUT2D eigenvalue weighted by molar-refractivity contribution is 5.81. The highest BCUT2D eigenvalue weighted by atomic mass is 16.1. The Bertz CT molecular complexity index is 367. The van der Waals surface area contributed by atoms with E-state index >= 15 is 0 Å². The number of nitrogens with zero attached hydrogens (tertiary/aromatic N) is 2. The van der Waals surface area contributed by atoms with Crippen LogP contribution < -0.4 is 15.5 Å². The Morgan fingerprint density at radius 2 is 2.18 bits per heavy atom. The molecule has 5 heteroatoms. The number of hydrogen-bond acceptors (Lipinski definition) is 4. The smallest absolute Gasteiger partial charge is 0.239 e. The van der Waals surface area contributed by atoms with E-state index in [4.69, 9.17) is 0 Å². The van der Waals surface area contributed by atoms with E-state index in [0.717, 1.165) is 24.3 Å². The van der Waals surface area contributed by atoms with Gasteiger partial charge in [-0.3, -0.25) is 9.78 Å². The fraction of sp³-hybridized carbons (Fsp3) is 0.500. The van der Waals surface area contributed by atoms with E-state index in [1.165, 1.54) is 0 Å². The maximum Gasteiger partial charge on any atom is 0.239 e. The van der Waals surface area contributed by atoms with Gasteiger partial charge in [0.15, 0.2) is 0 Å². The second kappa shape index (κ2) is 6.73. The van der Waals surface area contributed by atoms with Crippen LogP contribution in [0.3, 0.4) is 0 Å². The van der Waals surface area contributed by atoms with Gasteiger partial charge < -0.3 is 15.5 Å². The minimum atomic E-state index is 0.00770. The minimum absolute atomic E-state index is 0.00770. The molecule has 1 heterocycles. The van der Waals surface area contributed by atoms with Crippen LogP contribution in [0.1, 0.15) is 13.3 Å². The largest absolute Gasteiger partial charge is 0.387 e. The van der Waals surface area contributed by atoms with Crippen LogP contribution in [0.4, 0.5) is 11.4 Å². The van der Waals surface area contributed by atoms with Crippen molar-refractivity contribution in [1.82, 2.24) is 10.3 Å². The first-order chi connectivity index (χ1) is 8.21. The van der Waals surface area contributed by atoms with Gasteiger partial charge in [0.25, 0.3) is 0 Å². The predicted molar refractivity (Wildman–Crippen MR) is 70.4 cm³/mol. The monoisotopic (exact) mass is 236 g/mol. The lowest BCUT2D eigenvalue weighted by atomic mass is 10.3. The lowest BCUT2D eigenvalue weighted by molar-refractivity contribution is -0.119. The van der Waals surface area contributed by atoms with Gasteiger partial charge in [0.2, 0.25) is 5.91 Å². The van der Waals surface area contributed by atoms with E-state index in [9.17, 15) is 4.79 Å². The third-order valence-electron chi connectivity index (χ3n) is 2.48. The van der Waals surface area contributed by atoms with E-state index in [-0.39, 0.29) is 5.91 Å². The van der Waals surface area contributed by atoms with Crippen LogP contribution in [-0.4, -0.2) is 38.1 Å². The number of pyridine rings is 1. The standard InChI is InChI=1S/C12H20N4O/c1-4-5-16(9-12(17)14-3)11-6-10(13-2)7-15-8-11/h6-8,13H,4-5,9H2,1-3H3,(H,14,17). The van der Waals surface area contributed by atoms with Crippen LogP contribution in [0.25, 0.3) is 0 Å². The third-order valence-corrected chi connectivity index (χ3v) is 2.48. The zero-order chi connectivity index (χ0) is 12.7. The Kier molecular flexibility index (Phi) is 5.26. The number of anilines is 2. The molecular weight excluding hydrogens is 216 g/mol. The van der Waals surface area contributed by atoms with Crippen molar-refractivity contribution in [1.29, 1.82) is 0 Å². The number of aromatic nitrogens is 1. The molecular formula is C12H20N4O. The van der Waals surface area contributed by atoms with Crippen molar-refractivity contribution in [3.05, 3.63) is 18.5 Å². The van der Waals surface area contributed by atoms with Gasteiger partial charge in [-0.05, 0) is 12.5 Å². The Hall–Kier alpha value is -1.78. The highest BCUT2D eigenvalue weighted by Gasteiger charge is 2.10. The average Bonchev–Trinajstić information content (AvgIpc) is 2.38. The topological polar surface area (TPSA) is 57.3 Å². The summed E-state index contributed by atoms with van der Waals surface area (Å²) in [5.41, 5.74) is 1.91. The van der Waals surface area contributed by atoms with Gasteiger partial charge in [0.05, 0.1) is 30.3 Å². The molecule has 0 saturated heterocycles. The molecule has 2 N–H and O–H groups in total. The SMILES string of the molecule is CCCN(CC(=O)NC)c1cncc(NC)c1. The second-order valence-corrected chi connectivity index (χ2v) is 3.78. The van der Waals surface area contributed by atoms with Crippen LogP contribution >= 0.6 is 0 Å². The zero-order valence-corrected chi connectivity index (χ0v) is 10.7. The maximum atomic E-state index is 11.4. The molecule has 0 aliphatic heterocycles. The summed E-state index contributed by atoms with van der Waals surface area (Å²) < 4.78 is 0. The molecule has 0 spiro atoms. The fourth-order valence-corrected chi connectivity index (χ4v) is 1.56. The molecule has 1 aromatic heterocycles. The van der Waals surface area contributed by atoms with Crippen molar-refractivity contribution in [2.24, 2.45) is 0 Å². The minimum Gasteiger partial charge on any atom is -0.387 e. The van der Waals surface area contributed by atoms with E-state index in [1.54, 1.807) is 19.4 Å². The second-order valence-electron chi connectivity index (χ2n) is 3.78. The molecule has 0 saturated carbocycles. The summed E-state index contributed by atoms with van der Waals surface area (Å²) in [6, 6.07) is 1.99. The molecule has 1 amide bonds. The van der Waals surface area contributed by atoms with Gasteiger partial charge >= 0.3 is 0 Å². The number of rotatable bonds is 6. The molecule has 0 aromatic carbocycles. The highest BCUT2D eigenvalue weighted by Crippen LogP contribution is 2.17. The van der Waals surface area contributed by atoms with Crippen molar-refractivity contribution >= 4 is 17.3 Å². The van der Waals surface area contributed by atoms with E-state index in [2.05, 4.69) is 22.5 Å². The molecule has 0 bridgehead atoms. The summed E-state index contributed by atoms with van der Waals surface area (Å²) in [5.74, 6) is 0.00770. The van der Waals surface area contributed by atoms with Crippen LogP contribution in [0.15, 0.2) is 18.5 Å². The average molecular weight is 236 g/mol. The number of hydrogen-bond donors (Lipinski definition) is 2. The van der Waals surface area contributed by atoms with E-state index in [1.807, 2.05) is 18.0 Å². The van der Waals surface area contributed by atoms with E-state index < -0.39 is 0 Å². The van der Waals surface area contributed by atoms with E-state index in [0.29, 0.717) is 6.54 Å². The summed E-state index contributed by atoms with van der Waals surface area (Å²) in [7, 11) is 3.50. The Morgan fingerprint density at radius 1 is 1.41 bits per heavy atom. The molecule has 94 valence electrons. The van der Waals surface area contributed by atoms with Crippen molar-refractivity contribution < 1.29 is 4.79 Å². The lowest BCUT2D eigenvalue weighted by Gasteiger charge is -2.23. The first-order valence-electron chi connectivity index (χ1n) is 5.79. The van der Waals surface area contributed by atoms with Crippen LogP contribution in [0, 0.1) is 0 Å². The number of nitrogens with one attached hydrogen (secondary N) is 2. The molecule has 5 nitrogen and oxygen atoms in total. The first kappa shape index (κ1) is 13.3. The van der Waals surface area contributed by atoms with Gasteiger partial charge in [0.1, 0.15) is 0 Å². The van der Waals surface area contributed by atoms with Crippen LogP contribution in [0.5, 0.6) is 0 Å². The van der Waals surface area contributed by atoms with Gasteiger partial charge in [-0.2, -0.15) is 0 Å². The Labute approximate surface area is 102 Å². The lowest BCUT2D eigenvalue weighted by Crippen LogP contribution is -2.36. The van der Waals surface area contributed by atoms with Crippen molar-refractivity contribution in [2.45, 2.75) is 13.3 Å². The summed E-state index contributed by atoms with van der Waals surface area (Å²) in [6.45, 7) is 3.29. The molecule has 1 rings (SSSR count). The zero-order valence-electron chi connectivity index (χ0n) is 10.7. The number of amides is 1. The van der Waals surface area contributed by atoms with Crippen LogP contribution in [0.2, 0.25) is 0 Å². The first-order valence-corrected chi connectivity index (χ1v) is 5.79.